The minimum absolute atomic E-state index is 0.0351. The molecule has 38 heavy (non-hydrogen) atoms. The predicted octanol–water partition coefficient (Wildman–Crippen LogP) is 5.70. The van der Waals surface area contributed by atoms with Crippen molar-refractivity contribution in [2.45, 2.75) is 61.2 Å². The zero-order valence-corrected chi connectivity index (χ0v) is 24.1. The molecule has 0 atom stereocenters. The maximum atomic E-state index is 12.9. The van der Waals surface area contributed by atoms with Crippen LogP contribution in [-0.4, -0.2) is 74.0 Å². The predicted molar refractivity (Wildman–Crippen MR) is 159 cm³/mol. The summed E-state index contributed by atoms with van der Waals surface area (Å²) < 4.78 is 0. The lowest BCUT2D eigenvalue weighted by Crippen LogP contribution is -2.33. The number of carbonyl (C=O) groups is 2. The van der Waals surface area contributed by atoms with Gasteiger partial charge in [-0.05, 0) is 102 Å². The van der Waals surface area contributed by atoms with Crippen LogP contribution in [0.1, 0.15) is 72.1 Å². The van der Waals surface area contributed by atoms with E-state index < -0.39 is 0 Å². The topological polar surface area (TPSA) is 64.7 Å². The van der Waals surface area contributed by atoms with Crippen LogP contribution in [0.15, 0.2) is 58.3 Å². The summed E-state index contributed by atoms with van der Waals surface area (Å²) in [6.07, 6.45) is 9.78. The van der Waals surface area contributed by atoms with Crippen molar-refractivity contribution in [2.24, 2.45) is 0 Å². The second-order valence-corrected chi connectivity index (χ2v) is 12.4. The molecule has 206 valence electrons. The number of likely N-dealkylation sites (tertiary alicyclic amines) is 2. The third-order valence-electron chi connectivity index (χ3n) is 7.26. The molecule has 2 aliphatic heterocycles. The molecule has 0 saturated carbocycles. The first kappa shape index (κ1) is 29.0. The number of hydrogen-bond donors (Lipinski definition) is 2. The van der Waals surface area contributed by atoms with Crippen LogP contribution in [0.25, 0.3) is 0 Å². The van der Waals surface area contributed by atoms with Crippen LogP contribution in [-0.2, 0) is 0 Å². The molecule has 2 aromatic carbocycles. The lowest BCUT2D eigenvalue weighted by atomic mass is 10.1. The Morgan fingerprint density at radius 3 is 1.42 bits per heavy atom. The van der Waals surface area contributed by atoms with Gasteiger partial charge in [-0.2, -0.15) is 0 Å². The minimum atomic E-state index is -0.0351. The van der Waals surface area contributed by atoms with Crippen molar-refractivity contribution in [3.05, 3.63) is 59.7 Å². The van der Waals surface area contributed by atoms with Gasteiger partial charge in [-0.1, -0.05) is 58.7 Å². The summed E-state index contributed by atoms with van der Waals surface area (Å²) in [5, 5.41) is 6.21. The molecule has 2 saturated heterocycles. The van der Waals surface area contributed by atoms with Crippen LogP contribution in [0.5, 0.6) is 0 Å². The summed E-state index contributed by atoms with van der Waals surface area (Å²) in [5.74, 6) is -0.0702. The van der Waals surface area contributed by atoms with Crippen molar-refractivity contribution in [3.8, 4) is 0 Å². The third-order valence-corrected chi connectivity index (χ3v) is 9.74. The fourth-order valence-corrected chi connectivity index (χ4v) is 7.47. The Morgan fingerprint density at radius 1 is 0.605 bits per heavy atom. The standard InChI is InChI=1S/C30H42N4O2S2/c35-29(31-17-11-23-33-19-7-1-8-20-33)25-13-3-5-15-27(25)37-38-28-16-6-4-14-26(28)30(36)32-18-12-24-34-21-9-2-10-22-34/h3-6,13-16H,1-2,7-12,17-24H2,(H,31,35)(H,32,36). The Kier molecular flexibility index (Phi) is 12.3. The largest absolute Gasteiger partial charge is 0.352 e. The van der Waals surface area contributed by atoms with Crippen LogP contribution >= 0.6 is 21.6 Å². The first-order valence-electron chi connectivity index (χ1n) is 14.2. The average molecular weight is 555 g/mol. The fourth-order valence-electron chi connectivity index (χ4n) is 5.11. The zero-order chi connectivity index (χ0) is 26.4. The SMILES string of the molecule is O=C(NCCCN1CCCCC1)c1ccccc1SSc1ccccc1C(=O)NCCCN1CCCCC1. The summed E-state index contributed by atoms with van der Waals surface area (Å²) in [6.45, 7) is 8.19. The Hall–Kier alpha value is -2.00. The van der Waals surface area contributed by atoms with Gasteiger partial charge < -0.3 is 20.4 Å². The summed E-state index contributed by atoms with van der Waals surface area (Å²) in [6, 6.07) is 15.4. The van der Waals surface area contributed by atoms with Crippen LogP contribution in [0.3, 0.4) is 0 Å². The number of carbonyl (C=O) groups excluding carboxylic acids is 2. The quantitative estimate of drug-likeness (QED) is 0.245. The lowest BCUT2D eigenvalue weighted by Gasteiger charge is -2.26. The molecule has 2 N–H and O–H groups in total. The van der Waals surface area contributed by atoms with Gasteiger partial charge in [0.15, 0.2) is 0 Å². The molecule has 8 heteroatoms. The average Bonchev–Trinajstić information content (AvgIpc) is 2.97. The van der Waals surface area contributed by atoms with Gasteiger partial charge >= 0.3 is 0 Å². The molecule has 2 aromatic rings. The molecular weight excluding hydrogens is 512 g/mol. The molecule has 0 aromatic heterocycles. The maximum absolute atomic E-state index is 12.9. The van der Waals surface area contributed by atoms with E-state index in [4.69, 9.17) is 0 Å². The highest BCUT2D eigenvalue weighted by atomic mass is 33.1. The number of nitrogens with zero attached hydrogens (tertiary/aromatic N) is 2. The van der Waals surface area contributed by atoms with Crippen LogP contribution in [0.4, 0.5) is 0 Å². The first-order valence-corrected chi connectivity index (χ1v) is 16.4. The maximum Gasteiger partial charge on any atom is 0.252 e. The summed E-state index contributed by atoms with van der Waals surface area (Å²) >= 11 is 0. The van der Waals surface area contributed by atoms with E-state index in [1.165, 1.54) is 86.3 Å². The molecule has 6 nitrogen and oxygen atoms in total. The van der Waals surface area contributed by atoms with Gasteiger partial charge in [-0.25, -0.2) is 0 Å². The van der Waals surface area contributed by atoms with Gasteiger partial charge in [0, 0.05) is 22.9 Å². The highest BCUT2D eigenvalue weighted by Gasteiger charge is 2.16. The van der Waals surface area contributed by atoms with Gasteiger partial charge in [-0.3, -0.25) is 9.59 Å². The molecule has 0 radical (unpaired) electrons. The van der Waals surface area contributed by atoms with Crippen molar-refractivity contribution in [2.75, 3.05) is 52.4 Å². The molecular formula is C30H42N4O2S2. The number of piperidine rings is 2. The molecule has 2 fully saturated rings. The van der Waals surface area contributed by atoms with E-state index in [0.29, 0.717) is 24.2 Å². The summed E-state index contributed by atoms with van der Waals surface area (Å²) in [7, 11) is 3.06. The Labute approximate surface area is 236 Å². The van der Waals surface area contributed by atoms with E-state index in [9.17, 15) is 9.59 Å². The van der Waals surface area contributed by atoms with Crippen molar-refractivity contribution in [3.63, 3.8) is 0 Å². The smallest absolute Gasteiger partial charge is 0.252 e. The van der Waals surface area contributed by atoms with E-state index in [-0.39, 0.29) is 11.8 Å². The second-order valence-electron chi connectivity index (χ2n) is 10.2. The van der Waals surface area contributed by atoms with E-state index in [0.717, 1.165) is 35.7 Å². The molecule has 4 rings (SSSR count). The van der Waals surface area contributed by atoms with Gasteiger partial charge in [-0.15, -0.1) is 0 Å². The number of nitrogens with one attached hydrogen (secondary N) is 2. The molecule has 0 spiro atoms. The minimum Gasteiger partial charge on any atom is -0.352 e. The monoisotopic (exact) mass is 554 g/mol. The zero-order valence-electron chi connectivity index (χ0n) is 22.5. The van der Waals surface area contributed by atoms with E-state index >= 15 is 0 Å². The van der Waals surface area contributed by atoms with Crippen LogP contribution < -0.4 is 10.6 Å². The van der Waals surface area contributed by atoms with Crippen molar-refractivity contribution < 1.29 is 9.59 Å². The van der Waals surface area contributed by atoms with Crippen molar-refractivity contribution in [1.82, 2.24) is 20.4 Å². The van der Waals surface area contributed by atoms with E-state index in [1.54, 1.807) is 0 Å². The Morgan fingerprint density at radius 2 is 1.00 bits per heavy atom. The summed E-state index contributed by atoms with van der Waals surface area (Å²) in [4.78, 5) is 32.7. The van der Waals surface area contributed by atoms with Gasteiger partial charge in [0.1, 0.15) is 0 Å². The number of amides is 2. The fraction of sp³-hybridized carbons (Fsp3) is 0.533. The number of rotatable bonds is 13. The van der Waals surface area contributed by atoms with Crippen molar-refractivity contribution in [1.29, 1.82) is 0 Å². The highest BCUT2D eigenvalue weighted by Crippen LogP contribution is 2.40. The molecule has 0 bridgehead atoms. The number of benzene rings is 2. The van der Waals surface area contributed by atoms with Crippen LogP contribution in [0, 0.1) is 0 Å². The molecule has 2 heterocycles. The molecule has 2 aliphatic rings. The molecule has 2 amide bonds. The van der Waals surface area contributed by atoms with Crippen LogP contribution in [0.2, 0.25) is 0 Å². The number of hydrogen-bond acceptors (Lipinski definition) is 6. The lowest BCUT2D eigenvalue weighted by molar-refractivity contribution is 0.0940. The van der Waals surface area contributed by atoms with Gasteiger partial charge in [0.05, 0.1) is 11.1 Å². The van der Waals surface area contributed by atoms with E-state index in [2.05, 4.69) is 20.4 Å². The molecule has 0 unspecified atom stereocenters. The highest BCUT2D eigenvalue weighted by molar-refractivity contribution is 8.76. The van der Waals surface area contributed by atoms with E-state index in [1.807, 2.05) is 48.5 Å². The molecule has 0 aliphatic carbocycles. The van der Waals surface area contributed by atoms with Crippen molar-refractivity contribution >= 4 is 33.4 Å². The van der Waals surface area contributed by atoms with Gasteiger partial charge in [0.2, 0.25) is 0 Å². The summed E-state index contributed by atoms with van der Waals surface area (Å²) in [5.41, 5.74) is 1.37. The second kappa shape index (κ2) is 16.2. The van der Waals surface area contributed by atoms with Gasteiger partial charge in [0.25, 0.3) is 11.8 Å². The Bertz CT molecular complexity index is 941. The first-order chi connectivity index (χ1) is 18.7. The third kappa shape index (κ3) is 9.33. The normalized spacial score (nSPS) is 16.7. The Balaban J connectivity index is 1.24.